The monoisotopic (exact) mass is 274 g/mol. The molecule has 1 heterocycles. The van der Waals surface area contributed by atoms with E-state index < -0.39 is 5.82 Å². The Balaban J connectivity index is 2.60. The molecule has 4 nitrogen and oxygen atoms in total. The number of hydrogen-bond acceptors (Lipinski definition) is 3. The topological polar surface area (TPSA) is 53.4 Å². The van der Waals surface area contributed by atoms with Crippen molar-refractivity contribution in [3.05, 3.63) is 28.8 Å². The van der Waals surface area contributed by atoms with Crippen LogP contribution in [-0.4, -0.2) is 41.1 Å². The molecule has 0 aliphatic carbocycles. The van der Waals surface area contributed by atoms with Crippen molar-refractivity contribution in [1.82, 2.24) is 9.88 Å². The van der Waals surface area contributed by atoms with E-state index in [9.17, 15) is 9.18 Å². The SMILES string of the molecule is CN(CCCCCO)C(=O)c1cc(F)cnc1Cl. The highest BCUT2D eigenvalue weighted by Gasteiger charge is 2.16. The summed E-state index contributed by atoms with van der Waals surface area (Å²) >= 11 is 5.76. The van der Waals surface area contributed by atoms with Gasteiger partial charge in [0, 0.05) is 20.2 Å². The highest BCUT2D eigenvalue weighted by molar-refractivity contribution is 6.32. The molecule has 0 aliphatic heterocycles. The van der Waals surface area contributed by atoms with Gasteiger partial charge in [-0.1, -0.05) is 11.6 Å². The van der Waals surface area contributed by atoms with E-state index in [-0.39, 0.29) is 23.2 Å². The Morgan fingerprint density at radius 2 is 2.22 bits per heavy atom. The zero-order valence-electron chi connectivity index (χ0n) is 10.2. The summed E-state index contributed by atoms with van der Waals surface area (Å²) in [6.45, 7) is 0.684. The molecule has 0 spiro atoms. The Morgan fingerprint density at radius 1 is 1.50 bits per heavy atom. The molecular formula is C12H16ClFN2O2. The van der Waals surface area contributed by atoms with Gasteiger partial charge in [0.15, 0.2) is 0 Å². The molecule has 1 amide bonds. The van der Waals surface area contributed by atoms with E-state index >= 15 is 0 Å². The Kier molecular flexibility index (Phi) is 6.01. The fraction of sp³-hybridized carbons (Fsp3) is 0.500. The lowest BCUT2D eigenvalue weighted by molar-refractivity contribution is 0.0791. The molecule has 18 heavy (non-hydrogen) atoms. The van der Waals surface area contributed by atoms with Crippen molar-refractivity contribution in [3.8, 4) is 0 Å². The number of aliphatic hydroxyl groups excluding tert-OH is 1. The van der Waals surface area contributed by atoms with Crippen molar-refractivity contribution in [2.45, 2.75) is 19.3 Å². The summed E-state index contributed by atoms with van der Waals surface area (Å²) < 4.78 is 13.0. The van der Waals surface area contributed by atoms with Gasteiger partial charge < -0.3 is 10.0 Å². The number of aliphatic hydroxyl groups is 1. The third-order valence-corrected chi connectivity index (χ3v) is 2.84. The van der Waals surface area contributed by atoms with Crippen molar-refractivity contribution in [3.63, 3.8) is 0 Å². The van der Waals surface area contributed by atoms with Gasteiger partial charge in [0.2, 0.25) is 0 Å². The molecule has 1 rings (SSSR count). The third kappa shape index (κ3) is 4.23. The van der Waals surface area contributed by atoms with Crippen LogP contribution in [0.1, 0.15) is 29.6 Å². The van der Waals surface area contributed by atoms with Crippen molar-refractivity contribution in [2.75, 3.05) is 20.2 Å². The van der Waals surface area contributed by atoms with E-state index in [1.807, 2.05) is 0 Å². The molecule has 1 N–H and O–H groups in total. The van der Waals surface area contributed by atoms with E-state index in [2.05, 4.69) is 4.98 Å². The average molecular weight is 275 g/mol. The Bertz CT molecular complexity index is 415. The van der Waals surface area contributed by atoms with Gasteiger partial charge in [-0.05, 0) is 25.3 Å². The Labute approximate surface area is 110 Å². The highest BCUT2D eigenvalue weighted by atomic mass is 35.5. The fourth-order valence-electron chi connectivity index (χ4n) is 1.52. The number of hydrogen-bond donors (Lipinski definition) is 1. The lowest BCUT2D eigenvalue weighted by atomic mass is 10.2. The predicted molar refractivity (Wildman–Crippen MR) is 67.1 cm³/mol. The zero-order chi connectivity index (χ0) is 13.5. The smallest absolute Gasteiger partial charge is 0.256 e. The molecule has 0 radical (unpaired) electrons. The molecule has 100 valence electrons. The second-order valence-electron chi connectivity index (χ2n) is 4.00. The van der Waals surface area contributed by atoms with Gasteiger partial charge >= 0.3 is 0 Å². The van der Waals surface area contributed by atoms with Crippen LogP contribution in [0, 0.1) is 5.82 Å². The number of aromatic nitrogens is 1. The average Bonchev–Trinajstić information content (AvgIpc) is 2.36. The van der Waals surface area contributed by atoms with Gasteiger partial charge in [0.1, 0.15) is 11.0 Å². The first-order valence-electron chi connectivity index (χ1n) is 5.73. The number of nitrogens with zero attached hydrogens (tertiary/aromatic N) is 2. The van der Waals surface area contributed by atoms with Crippen molar-refractivity contribution >= 4 is 17.5 Å². The van der Waals surface area contributed by atoms with Gasteiger partial charge in [-0.25, -0.2) is 9.37 Å². The number of unbranched alkanes of at least 4 members (excludes halogenated alkanes) is 2. The van der Waals surface area contributed by atoms with Crippen LogP contribution in [0.2, 0.25) is 5.15 Å². The minimum absolute atomic E-state index is 0.00334. The summed E-state index contributed by atoms with van der Waals surface area (Å²) in [5, 5.41) is 8.64. The normalized spacial score (nSPS) is 10.4. The molecule has 0 aliphatic rings. The van der Waals surface area contributed by atoms with Crippen LogP contribution < -0.4 is 0 Å². The van der Waals surface area contributed by atoms with Crippen LogP contribution in [0.15, 0.2) is 12.3 Å². The molecule has 1 aromatic rings. The molecule has 0 bridgehead atoms. The van der Waals surface area contributed by atoms with Gasteiger partial charge in [0.05, 0.1) is 11.8 Å². The zero-order valence-corrected chi connectivity index (χ0v) is 11.0. The lowest BCUT2D eigenvalue weighted by Crippen LogP contribution is -2.28. The van der Waals surface area contributed by atoms with Gasteiger partial charge in [-0.3, -0.25) is 4.79 Å². The van der Waals surface area contributed by atoms with Gasteiger partial charge in [-0.15, -0.1) is 0 Å². The van der Waals surface area contributed by atoms with Crippen LogP contribution in [0.4, 0.5) is 4.39 Å². The number of rotatable bonds is 6. The number of carbonyl (C=O) groups excluding carboxylic acids is 1. The van der Waals surface area contributed by atoms with E-state index in [1.54, 1.807) is 7.05 Å². The maximum Gasteiger partial charge on any atom is 0.256 e. The second-order valence-corrected chi connectivity index (χ2v) is 4.36. The van der Waals surface area contributed by atoms with Crippen LogP contribution in [0.5, 0.6) is 0 Å². The van der Waals surface area contributed by atoms with Crippen molar-refractivity contribution < 1.29 is 14.3 Å². The van der Waals surface area contributed by atoms with Gasteiger partial charge in [0.25, 0.3) is 5.91 Å². The molecule has 6 heteroatoms. The number of amides is 1. The van der Waals surface area contributed by atoms with Crippen LogP contribution in [0.25, 0.3) is 0 Å². The standard InChI is InChI=1S/C12H16ClFN2O2/c1-16(5-3-2-4-6-17)12(18)10-7-9(14)8-15-11(10)13/h7-8,17H,2-6H2,1H3. The minimum atomic E-state index is -0.587. The molecule has 0 saturated heterocycles. The Morgan fingerprint density at radius 3 is 2.89 bits per heavy atom. The maximum absolute atomic E-state index is 13.0. The molecule has 0 unspecified atom stereocenters. The van der Waals surface area contributed by atoms with Gasteiger partial charge in [-0.2, -0.15) is 0 Å². The quantitative estimate of drug-likeness (QED) is 0.638. The van der Waals surface area contributed by atoms with Crippen molar-refractivity contribution in [2.24, 2.45) is 0 Å². The summed E-state index contributed by atoms with van der Waals surface area (Å²) in [6.07, 6.45) is 3.30. The summed E-state index contributed by atoms with van der Waals surface area (Å²) in [6, 6.07) is 1.09. The van der Waals surface area contributed by atoms with Crippen molar-refractivity contribution in [1.29, 1.82) is 0 Å². The third-order valence-electron chi connectivity index (χ3n) is 2.53. The molecule has 0 fully saturated rings. The van der Waals surface area contributed by atoms with E-state index in [0.29, 0.717) is 13.0 Å². The Hall–Kier alpha value is -1.20. The molecule has 1 aromatic heterocycles. The first-order valence-corrected chi connectivity index (χ1v) is 6.11. The molecule has 0 saturated carbocycles. The lowest BCUT2D eigenvalue weighted by Gasteiger charge is -2.17. The highest BCUT2D eigenvalue weighted by Crippen LogP contribution is 2.15. The first kappa shape index (κ1) is 14.9. The largest absolute Gasteiger partial charge is 0.396 e. The van der Waals surface area contributed by atoms with E-state index in [0.717, 1.165) is 25.1 Å². The minimum Gasteiger partial charge on any atom is -0.396 e. The van der Waals surface area contributed by atoms with Crippen LogP contribution >= 0.6 is 11.6 Å². The summed E-state index contributed by atoms with van der Waals surface area (Å²) in [7, 11) is 1.63. The number of halogens is 2. The number of carbonyl (C=O) groups is 1. The van der Waals surface area contributed by atoms with E-state index in [1.165, 1.54) is 4.90 Å². The molecule has 0 aromatic carbocycles. The van der Waals surface area contributed by atoms with Crippen LogP contribution in [-0.2, 0) is 0 Å². The number of pyridine rings is 1. The van der Waals surface area contributed by atoms with Crippen LogP contribution in [0.3, 0.4) is 0 Å². The summed E-state index contributed by atoms with van der Waals surface area (Å²) in [4.78, 5) is 17.0. The maximum atomic E-state index is 13.0. The molecule has 0 atom stereocenters. The molecular weight excluding hydrogens is 259 g/mol. The van der Waals surface area contributed by atoms with E-state index in [4.69, 9.17) is 16.7 Å². The summed E-state index contributed by atoms with van der Waals surface area (Å²) in [5.41, 5.74) is 0.0707. The fourth-order valence-corrected chi connectivity index (χ4v) is 1.70. The summed E-state index contributed by atoms with van der Waals surface area (Å²) in [5.74, 6) is -0.938. The second kappa shape index (κ2) is 7.28. The first-order chi connectivity index (χ1) is 8.56. The predicted octanol–water partition coefficient (Wildman–Crippen LogP) is 2.11.